The monoisotopic (exact) mass is 294 g/mol. The second-order valence-electron chi connectivity index (χ2n) is 4.77. The highest BCUT2D eigenvalue weighted by atomic mass is 16.5. The molecule has 21 heavy (non-hydrogen) atoms. The number of hydrogen-bond acceptors (Lipinski definition) is 6. The topological polar surface area (TPSA) is 110 Å². The van der Waals surface area contributed by atoms with Gasteiger partial charge in [-0.25, -0.2) is 14.6 Å². The molecule has 0 unspecified atom stereocenters. The summed E-state index contributed by atoms with van der Waals surface area (Å²) in [6, 6.07) is -0.625. The van der Waals surface area contributed by atoms with Gasteiger partial charge in [-0.15, -0.1) is 0 Å². The van der Waals surface area contributed by atoms with Gasteiger partial charge < -0.3 is 10.1 Å². The molecule has 114 valence electrons. The Morgan fingerprint density at radius 2 is 1.95 bits per heavy atom. The predicted molar refractivity (Wildman–Crippen MR) is 73.4 cm³/mol. The fourth-order valence-electron chi connectivity index (χ4n) is 1.21. The second-order valence-corrected chi connectivity index (χ2v) is 4.77. The molecule has 0 aliphatic heterocycles. The zero-order chi connectivity index (χ0) is 15.8. The van der Waals surface area contributed by atoms with Crippen LogP contribution in [0.25, 0.3) is 0 Å². The fourth-order valence-corrected chi connectivity index (χ4v) is 1.21. The lowest BCUT2D eigenvalue weighted by Gasteiger charge is -2.08. The van der Waals surface area contributed by atoms with E-state index in [9.17, 15) is 14.4 Å². The first-order valence-electron chi connectivity index (χ1n) is 6.42. The van der Waals surface area contributed by atoms with E-state index in [1.54, 1.807) is 6.92 Å². The van der Waals surface area contributed by atoms with Crippen LogP contribution in [0.2, 0.25) is 0 Å². The van der Waals surface area contributed by atoms with Crippen molar-refractivity contribution in [3.63, 3.8) is 0 Å². The highest BCUT2D eigenvalue weighted by Gasteiger charge is 2.13. The second kappa shape index (κ2) is 7.93. The first kappa shape index (κ1) is 16.5. The van der Waals surface area contributed by atoms with Crippen LogP contribution in [0, 0.1) is 12.8 Å². The number of carbonyl (C=O) groups is 3. The summed E-state index contributed by atoms with van der Waals surface area (Å²) in [7, 11) is 0. The largest absolute Gasteiger partial charge is 0.451 e. The van der Waals surface area contributed by atoms with Crippen molar-refractivity contribution in [3.05, 3.63) is 23.8 Å². The maximum atomic E-state index is 11.6. The summed E-state index contributed by atoms with van der Waals surface area (Å²) in [6.07, 6.45) is 2.67. The number of imide groups is 1. The van der Waals surface area contributed by atoms with Crippen molar-refractivity contribution in [1.82, 2.24) is 20.6 Å². The zero-order valence-corrected chi connectivity index (χ0v) is 12.2. The number of nitrogens with one attached hydrogen (secondary N) is 2. The van der Waals surface area contributed by atoms with Crippen LogP contribution < -0.4 is 10.6 Å². The van der Waals surface area contributed by atoms with Gasteiger partial charge in [-0.2, -0.15) is 0 Å². The maximum Gasteiger partial charge on any atom is 0.359 e. The number of aryl methyl sites for hydroxylation is 1. The molecule has 0 aliphatic rings. The van der Waals surface area contributed by atoms with Gasteiger partial charge in [0.15, 0.2) is 12.3 Å². The average molecular weight is 294 g/mol. The van der Waals surface area contributed by atoms with Gasteiger partial charge in [0, 0.05) is 12.7 Å². The van der Waals surface area contributed by atoms with Crippen molar-refractivity contribution in [3.8, 4) is 0 Å². The van der Waals surface area contributed by atoms with Crippen molar-refractivity contribution in [2.75, 3.05) is 13.2 Å². The van der Waals surface area contributed by atoms with Crippen molar-refractivity contribution < 1.29 is 19.1 Å². The Morgan fingerprint density at radius 1 is 1.24 bits per heavy atom. The number of hydrogen-bond donors (Lipinski definition) is 2. The van der Waals surface area contributed by atoms with Gasteiger partial charge >= 0.3 is 12.0 Å². The fraction of sp³-hybridized carbons (Fsp3) is 0.462. The van der Waals surface area contributed by atoms with Crippen LogP contribution in [0.5, 0.6) is 0 Å². The normalized spacial score (nSPS) is 10.1. The molecule has 1 heterocycles. The molecular weight excluding hydrogens is 276 g/mol. The third kappa shape index (κ3) is 6.46. The van der Waals surface area contributed by atoms with Crippen LogP contribution in [-0.2, 0) is 9.53 Å². The lowest BCUT2D eigenvalue weighted by atomic mass is 10.2. The average Bonchev–Trinajstić information content (AvgIpc) is 2.43. The minimum absolute atomic E-state index is 0.00217. The molecule has 0 atom stereocenters. The lowest BCUT2D eigenvalue weighted by molar-refractivity contribution is -0.123. The third-order valence-electron chi connectivity index (χ3n) is 2.25. The summed E-state index contributed by atoms with van der Waals surface area (Å²) in [5.74, 6) is -1.23. The van der Waals surface area contributed by atoms with E-state index in [-0.39, 0.29) is 11.6 Å². The van der Waals surface area contributed by atoms with Crippen LogP contribution in [0.15, 0.2) is 12.4 Å². The van der Waals surface area contributed by atoms with E-state index in [4.69, 9.17) is 4.74 Å². The van der Waals surface area contributed by atoms with Gasteiger partial charge in [-0.3, -0.25) is 15.1 Å². The Balaban J connectivity index is 2.34. The quantitative estimate of drug-likeness (QED) is 0.762. The molecule has 1 aromatic rings. The molecule has 1 rings (SSSR count). The van der Waals surface area contributed by atoms with Crippen LogP contribution in [0.4, 0.5) is 4.79 Å². The number of carbonyl (C=O) groups excluding carboxylic acids is 3. The summed E-state index contributed by atoms with van der Waals surface area (Å²) in [4.78, 5) is 42.0. The standard InChI is InChI=1S/C13H18N4O4/c1-8(2)4-16-13(20)17-11(18)7-21-12(19)10-6-14-9(3)5-15-10/h5-6,8H,4,7H2,1-3H3,(H2,16,17,18,20). The van der Waals surface area contributed by atoms with Crippen molar-refractivity contribution in [2.24, 2.45) is 5.92 Å². The predicted octanol–water partition coefficient (Wildman–Crippen LogP) is 0.424. The molecule has 0 radical (unpaired) electrons. The first-order valence-corrected chi connectivity index (χ1v) is 6.42. The van der Waals surface area contributed by atoms with Crippen LogP contribution in [0.1, 0.15) is 30.0 Å². The molecule has 8 heteroatoms. The van der Waals surface area contributed by atoms with Crippen LogP contribution in [-0.4, -0.2) is 41.0 Å². The zero-order valence-electron chi connectivity index (χ0n) is 12.2. The molecule has 0 aliphatic carbocycles. The molecule has 0 spiro atoms. The molecule has 1 aromatic heterocycles. The van der Waals surface area contributed by atoms with E-state index >= 15 is 0 Å². The lowest BCUT2D eigenvalue weighted by Crippen LogP contribution is -2.42. The molecule has 8 nitrogen and oxygen atoms in total. The van der Waals surface area contributed by atoms with Gasteiger partial charge in [-0.05, 0) is 12.8 Å². The van der Waals surface area contributed by atoms with Gasteiger partial charge in [0.2, 0.25) is 0 Å². The number of amides is 3. The molecule has 0 saturated heterocycles. The first-order chi connectivity index (χ1) is 9.88. The van der Waals surface area contributed by atoms with E-state index in [1.165, 1.54) is 12.4 Å². The molecule has 2 N–H and O–H groups in total. The maximum absolute atomic E-state index is 11.6. The Labute approximate surface area is 122 Å². The number of rotatable bonds is 5. The summed E-state index contributed by atoms with van der Waals surface area (Å²) in [5.41, 5.74) is 0.656. The minimum Gasteiger partial charge on any atom is -0.451 e. The van der Waals surface area contributed by atoms with Crippen LogP contribution in [0.3, 0.4) is 0 Å². The Morgan fingerprint density at radius 3 is 2.52 bits per heavy atom. The summed E-state index contributed by atoms with van der Waals surface area (Å²) in [5, 5.41) is 4.55. The van der Waals surface area contributed by atoms with Gasteiger partial charge in [0.1, 0.15) is 0 Å². The van der Waals surface area contributed by atoms with Crippen molar-refractivity contribution in [2.45, 2.75) is 20.8 Å². The summed E-state index contributed by atoms with van der Waals surface area (Å²) >= 11 is 0. The van der Waals surface area contributed by atoms with E-state index in [1.807, 2.05) is 19.2 Å². The highest BCUT2D eigenvalue weighted by molar-refractivity contribution is 5.96. The summed E-state index contributed by atoms with van der Waals surface area (Å²) < 4.78 is 4.72. The molecule has 0 bridgehead atoms. The SMILES string of the molecule is Cc1cnc(C(=O)OCC(=O)NC(=O)NCC(C)C)cn1. The smallest absolute Gasteiger partial charge is 0.359 e. The van der Waals surface area contributed by atoms with E-state index in [0.717, 1.165) is 0 Å². The molecule has 0 aromatic carbocycles. The van der Waals surface area contributed by atoms with Crippen molar-refractivity contribution in [1.29, 1.82) is 0 Å². The Hall–Kier alpha value is -2.51. The number of esters is 1. The number of ether oxygens (including phenoxy) is 1. The van der Waals surface area contributed by atoms with Crippen LogP contribution >= 0.6 is 0 Å². The molecular formula is C13H18N4O4. The molecule has 0 saturated carbocycles. The minimum atomic E-state index is -0.778. The van der Waals surface area contributed by atoms with E-state index < -0.39 is 24.5 Å². The molecule has 0 fully saturated rings. The van der Waals surface area contributed by atoms with Gasteiger partial charge in [0.25, 0.3) is 5.91 Å². The van der Waals surface area contributed by atoms with Crippen molar-refractivity contribution >= 4 is 17.9 Å². The number of aromatic nitrogens is 2. The third-order valence-corrected chi connectivity index (χ3v) is 2.25. The van der Waals surface area contributed by atoms with E-state index in [0.29, 0.717) is 12.2 Å². The van der Waals surface area contributed by atoms with E-state index in [2.05, 4.69) is 15.3 Å². The number of nitrogens with zero attached hydrogens (tertiary/aromatic N) is 2. The highest BCUT2D eigenvalue weighted by Crippen LogP contribution is 1.96. The Kier molecular flexibility index (Phi) is 6.25. The number of urea groups is 1. The molecule has 3 amide bonds. The Bertz CT molecular complexity index is 513. The van der Waals surface area contributed by atoms with Gasteiger partial charge in [-0.1, -0.05) is 13.8 Å². The van der Waals surface area contributed by atoms with Gasteiger partial charge in [0.05, 0.1) is 11.9 Å². The summed E-state index contributed by atoms with van der Waals surface area (Å²) in [6.45, 7) is 5.45.